The molecule has 0 saturated carbocycles. The molecule has 0 atom stereocenters. The zero-order valence-corrected chi connectivity index (χ0v) is 18.5. The summed E-state index contributed by atoms with van der Waals surface area (Å²) in [6, 6.07) is 16.1. The van der Waals surface area contributed by atoms with Crippen LogP contribution in [0.5, 0.6) is 0 Å². The van der Waals surface area contributed by atoms with Crippen LogP contribution in [0.15, 0.2) is 66.9 Å². The first-order chi connectivity index (χ1) is 15.6. The van der Waals surface area contributed by atoms with E-state index in [4.69, 9.17) is 23.2 Å². The summed E-state index contributed by atoms with van der Waals surface area (Å²) in [6.45, 7) is 1.72. The lowest BCUT2D eigenvalue weighted by Gasteiger charge is -2.11. The number of aromatic nitrogens is 3. The number of carbonyl (C=O) groups is 1. The molecule has 10 heteroatoms. The molecule has 0 radical (unpaired) electrons. The van der Waals surface area contributed by atoms with E-state index in [0.717, 1.165) is 24.0 Å². The summed E-state index contributed by atoms with van der Waals surface area (Å²) in [6.07, 6.45) is -3.62. The van der Waals surface area contributed by atoms with E-state index in [1.165, 1.54) is 0 Å². The van der Waals surface area contributed by atoms with E-state index >= 15 is 0 Å². The van der Waals surface area contributed by atoms with Crippen molar-refractivity contribution in [3.63, 3.8) is 0 Å². The molecule has 4 rings (SSSR count). The predicted octanol–water partition coefficient (Wildman–Crippen LogP) is 6.82. The molecule has 168 valence electrons. The van der Waals surface area contributed by atoms with E-state index in [2.05, 4.69) is 15.3 Å². The molecule has 0 aliphatic heterocycles. The number of alkyl halides is 3. The fourth-order valence-electron chi connectivity index (χ4n) is 3.29. The van der Waals surface area contributed by atoms with Crippen molar-refractivity contribution in [1.29, 1.82) is 0 Å². The molecule has 2 aromatic carbocycles. The highest BCUT2D eigenvalue weighted by Gasteiger charge is 2.32. The Morgan fingerprint density at radius 3 is 2.36 bits per heavy atom. The smallest absolute Gasteiger partial charge is 0.319 e. The van der Waals surface area contributed by atoms with Crippen molar-refractivity contribution >= 4 is 34.8 Å². The second-order valence-electron chi connectivity index (χ2n) is 7.05. The molecular weight excluding hydrogens is 476 g/mol. The van der Waals surface area contributed by atoms with Crippen LogP contribution in [-0.4, -0.2) is 20.4 Å². The minimum atomic E-state index is -4.57. The number of imidazole rings is 1. The molecule has 0 bridgehead atoms. The Bertz CT molecular complexity index is 1320. The lowest BCUT2D eigenvalue weighted by molar-refractivity contribution is -0.141. The largest absolute Gasteiger partial charge is 0.433 e. The molecule has 4 aromatic rings. The highest BCUT2D eigenvalue weighted by molar-refractivity contribution is 6.36. The average molecular weight is 491 g/mol. The number of hydrogen-bond acceptors (Lipinski definition) is 3. The Morgan fingerprint density at radius 1 is 1.03 bits per heavy atom. The van der Waals surface area contributed by atoms with E-state index in [1.54, 1.807) is 29.7 Å². The molecule has 1 amide bonds. The number of carbonyl (C=O) groups excluding carboxylic acids is 1. The lowest BCUT2D eigenvalue weighted by atomic mass is 10.2. The van der Waals surface area contributed by atoms with E-state index in [-0.39, 0.29) is 11.4 Å². The van der Waals surface area contributed by atoms with E-state index in [0.29, 0.717) is 27.1 Å². The third kappa shape index (κ3) is 4.72. The number of pyridine rings is 1. The third-order valence-corrected chi connectivity index (χ3v) is 5.37. The van der Waals surface area contributed by atoms with Gasteiger partial charge in [-0.05, 0) is 49.4 Å². The van der Waals surface area contributed by atoms with Crippen LogP contribution in [0.4, 0.5) is 18.9 Å². The maximum atomic E-state index is 13.0. The van der Waals surface area contributed by atoms with Gasteiger partial charge in [0.1, 0.15) is 11.5 Å². The van der Waals surface area contributed by atoms with Crippen LogP contribution in [0.1, 0.15) is 21.9 Å². The molecule has 2 heterocycles. The van der Waals surface area contributed by atoms with Crippen molar-refractivity contribution in [1.82, 2.24) is 14.5 Å². The summed E-state index contributed by atoms with van der Waals surface area (Å²) in [4.78, 5) is 20.9. The number of rotatable bonds is 4. The van der Waals surface area contributed by atoms with Gasteiger partial charge in [-0.1, -0.05) is 41.4 Å². The Balaban J connectivity index is 1.76. The van der Waals surface area contributed by atoms with Gasteiger partial charge in [0, 0.05) is 16.3 Å². The first kappa shape index (κ1) is 22.8. The summed E-state index contributed by atoms with van der Waals surface area (Å²) < 4.78 is 40.0. The molecule has 0 saturated heterocycles. The SMILES string of the molecule is Cc1c(C(=O)Nc2ccc(C(F)(F)F)nc2)nc(-c2ccc(Cl)cc2Cl)n1-c1ccccc1. The maximum absolute atomic E-state index is 13.0. The molecule has 33 heavy (non-hydrogen) atoms. The van der Waals surface area contributed by atoms with Gasteiger partial charge in [0.2, 0.25) is 0 Å². The predicted molar refractivity (Wildman–Crippen MR) is 121 cm³/mol. The van der Waals surface area contributed by atoms with Crippen molar-refractivity contribution in [2.24, 2.45) is 0 Å². The summed E-state index contributed by atoms with van der Waals surface area (Å²) in [5.41, 5.74) is 0.957. The monoisotopic (exact) mass is 490 g/mol. The number of halogens is 5. The third-order valence-electron chi connectivity index (χ3n) is 4.82. The number of anilines is 1. The first-order valence-electron chi connectivity index (χ1n) is 9.60. The van der Waals surface area contributed by atoms with Gasteiger partial charge in [-0.15, -0.1) is 0 Å². The summed E-state index contributed by atoms with van der Waals surface area (Å²) in [5, 5.41) is 3.35. The Hall–Kier alpha value is -3.36. The molecule has 2 aromatic heterocycles. The number of nitrogens with zero attached hydrogens (tertiary/aromatic N) is 3. The summed E-state index contributed by atoms with van der Waals surface area (Å²) in [5.74, 6) is -0.189. The number of benzene rings is 2. The fraction of sp³-hybridized carbons (Fsp3) is 0.0870. The highest BCUT2D eigenvalue weighted by Crippen LogP contribution is 2.33. The molecule has 0 aliphatic carbocycles. The Morgan fingerprint density at radius 2 is 1.76 bits per heavy atom. The fourth-order valence-corrected chi connectivity index (χ4v) is 3.78. The number of para-hydroxylation sites is 1. The first-order valence-corrected chi connectivity index (χ1v) is 10.4. The number of amides is 1. The van der Waals surface area contributed by atoms with Gasteiger partial charge in [-0.3, -0.25) is 9.36 Å². The van der Waals surface area contributed by atoms with Gasteiger partial charge in [0.05, 0.1) is 22.6 Å². The van der Waals surface area contributed by atoms with Crippen molar-refractivity contribution in [3.05, 3.63) is 94.0 Å². The minimum absolute atomic E-state index is 0.0831. The molecule has 0 spiro atoms. The van der Waals surface area contributed by atoms with Crippen molar-refractivity contribution in [2.75, 3.05) is 5.32 Å². The van der Waals surface area contributed by atoms with E-state index in [1.807, 2.05) is 30.3 Å². The number of nitrogens with one attached hydrogen (secondary N) is 1. The Labute approximate surface area is 196 Å². The molecule has 0 unspecified atom stereocenters. The minimum Gasteiger partial charge on any atom is -0.319 e. The van der Waals surface area contributed by atoms with Crippen LogP contribution in [0.25, 0.3) is 17.1 Å². The van der Waals surface area contributed by atoms with Crippen LogP contribution < -0.4 is 5.32 Å². The van der Waals surface area contributed by atoms with Gasteiger partial charge < -0.3 is 5.32 Å². The van der Waals surface area contributed by atoms with Gasteiger partial charge in [-0.25, -0.2) is 9.97 Å². The second kappa shape index (κ2) is 8.88. The second-order valence-corrected chi connectivity index (χ2v) is 7.89. The number of hydrogen-bond donors (Lipinski definition) is 1. The van der Waals surface area contributed by atoms with Crippen LogP contribution in [0.2, 0.25) is 10.0 Å². The van der Waals surface area contributed by atoms with Crippen LogP contribution in [0.3, 0.4) is 0 Å². The molecule has 0 aliphatic rings. The van der Waals surface area contributed by atoms with Crippen molar-refractivity contribution in [2.45, 2.75) is 13.1 Å². The maximum Gasteiger partial charge on any atom is 0.433 e. The zero-order valence-electron chi connectivity index (χ0n) is 17.0. The lowest BCUT2D eigenvalue weighted by Crippen LogP contribution is -2.15. The van der Waals surface area contributed by atoms with Crippen molar-refractivity contribution < 1.29 is 18.0 Å². The van der Waals surface area contributed by atoms with Crippen LogP contribution in [0, 0.1) is 6.92 Å². The van der Waals surface area contributed by atoms with Crippen molar-refractivity contribution in [3.8, 4) is 17.1 Å². The Kier molecular flexibility index (Phi) is 6.14. The van der Waals surface area contributed by atoms with Gasteiger partial charge >= 0.3 is 6.18 Å². The summed E-state index contributed by atoms with van der Waals surface area (Å²) in [7, 11) is 0. The molecule has 0 fully saturated rings. The normalized spacial score (nSPS) is 11.5. The topological polar surface area (TPSA) is 59.8 Å². The van der Waals surface area contributed by atoms with Gasteiger partial charge in [0.15, 0.2) is 5.69 Å². The van der Waals surface area contributed by atoms with Gasteiger partial charge in [0.25, 0.3) is 5.91 Å². The van der Waals surface area contributed by atoms with E-state index in [9.17, 15) is 18.0 Å². The molecule has 5 nitrogen and oxygen atoms in total. The highest BCUT2D eigenvalue weighted by atomic mass is 35.5. The van der Waals surface area contributed by atoms with Crippen LogP contribution in [-0.2, 0) is 6.18 Å². The van der Waals surface area contributed by atoms with Gasteiger partial charge in [-0.2, -0.15) is 13.2 Å². The average Bonchev–Trinajstić information content (AvgIpc) is 3.11. The molecule has 1 N–H and O–H groups in total. The molecular formula is C23H15Cl2F3N4O. The quantitative estimate of drug-likeness (QED) is 0.341. The zero-order chi connectivity index (χ0) is 23.8. The van der Waals surface area contributed by atoms with E-state index < -0.39 is 17.8 Å². The van der Waals surface area contributed by atoms with Crippen LogP contribution >= 0.6 is 23.2 Å². The summed E-state index contributed by atoms with van der Waals surface area (Å²) >= 11 is 12.4. The standard InChI is InChI=1S/C23H15Cl2F3N4O/c1-13-20(22(33)30-15-8-10-19(29-12-15)23(26,27)28)31-21(17-9-7-14(24)11-18(17)25)32(13)16-5-3-2-4-6-16/h2-12H,1H3,(H,30,33).